The smallest absolute Gasteiger partial charge is 0.389 e. The molecule has 0 atom stereocenters. The first-order valence-electron chi connectivity index (χ1n) is 5.99. The maximum Gasteiger partial charge on any atom is 0.416 e. The molecule has 2 N–H and O–H groups in total. The summed E-state index contributed by atoms with van der Waals surface area (Å²) in [6, 6.07) is 5.51. The first kappa shape index (κ1) is 13.4. The number of benzene rings is 1. The molecule has 1 aromatic rings. The first-order valence-corrected chi connectivity index (χ1v) is 5.99. The predicted molar refractivity (Wildman–Crippen MR) is 62.0 cm³/mol. The van der Waals surface area contributed by atoms with Gasteiger partial charge in [-0.1, -0.05) is 18.2 Å². The maximum absolute atomic E-state index is 12.7. The Hall–Kier alpha value is -1.07. The number of nitrogens with one attached hydrogen (secondary N) is 1. The summed E-state index contributed by atoms with van der Waals surface area (Å²) in [6.45, 7) is 0.469. The Balaban J connectivity index is 1.96. The molecule has 2 nitrogen and oxygen atoms in total. The van der Waals surface area contributed by atoms with Crippen molar-refractivity contribution in [2.24, 2.45) is 0 Å². The van der Waals surface area contributed by atoms with Crippen LogP contribution < -0.4 is 5.32 Å². The van der Waals surface area contributed by atoms with Gasteiger partial charge in [0.15, 0.2) is 0 Å². The molecule has 0 radical (unpaired) electrons. The van der Waals surface area contributed by atoms with Gasteiger partial charge in [0.25, 0.3) is 0 Å². The lowest BCUT2D eigenvalue weighted by Gasteiger charge is -2.36. The average Bonchev–Trinajstić information content (AvgIpc) is 2.26. The Kier molecular flexibility index (Phi) is 3.64. The van der Waals surface area contributed by atoms with Crippen LogP contribution in [-0.4, -0.2) is 17.3 Å². The van der Waals surface area contributed by atoms with Crippen LogP contribution in [0.3, 0.4) is 0 Å². The number of alkyl halides is 3. The third kappa shape index (κ3) is 3.03. The van der Waals surface area contributed by atoms with Crippen molar-refractivity contribution in [2.45, 2.75) is 37.6 Å². The molecule has 1 aliphatic carbocycles. The Morgan fingerprint density at radius 3 is 2.44 bits per heavy atom. The van der Waals surface area contributed by atoms with Gasteiger partial charge in [-0.3, -0.25) is 0 Å². The van der Waals surface area contributed by atoms with E-state index in [1.54, 1.807) is 6.07 Å². The van der Waals surface area contributed by atoms with Crippen LogP contribution in [0.4, 0.5) is 13.2 Å². The lowest BCUT2D eigenvalue weighted by Crippen LogP contribution is -2.46. The molecule has 0 bridgehead atoms. The SMILES string of the molecule is OC1(CNCc2ccccc2C(F)(F)F)CCC1. The van der Waals surface area contributed by atoms with Gasteiger partial charge in [-0.25, -0.2) is 0 Å². The molecule has 0 unspecified atom stereocenters. The fraction of sp³-hybridized carbons (Fsp3) is 0.538. The van der Waals surface area contributed by atoms with Crippen molar-refractivity contribution < 1.29 is 18.3 Å². The fourth-order valence-corrected chi connectivity index (χ4v) is 2.14. The van der Waals surface area contributed by atoms with E-state index in [1.165, 1.54) is 12.1 Å². The van der Waals surface area contributed by atoms with Crippen LogP contribution in [0.15, 0.2) is 24.3 Å². The Morgan fingerprint density at radius 1 is 1.22 bits per heavy atom. The van der Waals surface area contributed by atoms with Crippen molar-refractivity contribution in [3.63, 3.8) is 0 Å². The van der Waals surface area contributed by atoms with Crippen LogP contribution >= 0.6 is 0 Å². The second-order valence-electron chi connectivity index (χ2n) is 4.84. The summed E-state index contributed by atoms with van der Waals surface area (Å²) in [7, 11) is 0. The van der Waals surface area contributed by atoms with Crippen molar-refractivity contribution >= 4 is 0 Å². The van der Waals surface area contributed by atoms with E-state index >= 15 is 0 Å². The Morgan fingerprint density at radius 2 is 1.89 bits per heavy atom. The highest BCUT2D eigenvalue weighted by Gasteiger charge is 2.35. The van der Waals surface area contributed by atoms with E-state index in [2.05, 4.69) is 5.32 Å². The second-order valence-corrected chi connectivity index (χ2v) is 4.84. The maximum atomic E-state index is 12.7. The summed E-state index contributed by atoms with van der Waals surface area (Å²) in [5, 5.41) is 12.7. The largest absolute Gasteiger partial charge is 0.416 e. The highest BCUT2D eigenvalue weighted by atomic mass is 19.4. The normalized spacial score (nSPS) is 18.4. The number of aliphatic hydroxyl groups is 1. The molecule has 1 aliphatic rings. The van der Waals surface area contributed by atoms with Crippen LogP contribution in [0.25, 0.3) is 0 Å². The predicted octanol–water partition coefficient (Wildman–Crippen LogP) is 2.71. The third-order valence-corrected chi connectivity index (χ3v) is 3.38. The highest BCUT2D eigenvalue weighted by molar-refractivity contribution is 5.29. The van der Waals surface area contributed by atoms with Gasteiger partial charge in [-0.2, -0.15) is 13.2 Å². The van der Waals surface area contributed by atoms with Gasteiger partial charge in [-0.05, 0) is 30.9 Å². The van der Waals surface area contributed by atoms with E-state index in [-0.39, 0.29) is 12.1 Å². The monoisotopic (exact) mass is 259 g/mol. The third-order valence-electron chi connectivity index (χ3n) is 3.38. The van der Waals surface area contributed by atoms with Gasteiger partial charge >= 0.3 is 6.18 Å². The van der Waals surface area contributed by atoms with Crippen molar-refractivity contribution in [1.29, 1.82) is 0 Å². The van der Waals surface area contributed by atoms with Gasteiger partial charge in [0.1, 0.15) is 0 Å². The minimum atomic E-state index is -4.33. The number of halogens is 3. The minimum Gasteiger partial charge on any atom is -0.389 e. The Labute approximate surface area is 104 Å². The van der Waals surface area contributed by atoms with E-state index in [1.807, 2.05) is 0 Å². The molecule has 18 heavy (non-hydrogen) atoms. The molecule has 1 saturated carbocycles. The van der Waals surface area contributed by atoms with Crippen LogP contribution in [-0.2, 0) is 12.7 Å². The zero-order chi connectivity index (χ0) is 13.2. The van der Waals surface area contributed by atoms with E-state index in [0.29, 0.717) is 6.54 Å². The molecule has 1 aromatic carbocycles. The number of hydrogen-bond acceptors (Lipinski definition) is 2. The van der Waals surface area contributed by atoms with Crippen molar-refractivity contribution in [3.05, 3.63) is 35.4 Å². The standard InChI is InChI=1S/C13H16F3NO/c14-13(15,16)11-5-2-1-4-10(11)8-17-9-12(18)6-3-7-12/h1-2,4-5,17-18H,3,6-9H2. The second kappa shape index (κ2) is 4.90. The zero-order valence-corrected chi connectivity index (χ0v) is 9.93. The molecule has 1 fully saturated rings. The lowest BCUT2D eigenvalue weighted by molar-refractivity contribution is -0.138. The lowest BCUT2D eigenvalue weighted by atomic mass is 9.80. The van der Waals surface area contributed by atoms with Gasteiger partial charge < -0.3 is 10.4 Å². The van der Waals surface area contributed by atoms with Gasteiger partial charge in [0, 0.05) is 13.1 Å². The van der Waals surface area contributed by atoms with E-state index in [9.17, 15) is 18.3 Å². The summed E-state index contributed by atoms with van der Waals surface area (Å²) >= 11 is 0. The molecule has 0 spiro atoms. The molecule has 0 saturated heterocycles. The van der Waals surface area contributed by atoms with Crippen LogP contribution in [0.2, 0.25) is 0 Å². The van der Waals surface area contributed by atoms with Crippen molar-refractivity contribution in [1.82, 2.24) is 5.32 Å². The quantitative estimate of drug-likeness (QED) is 0.871. The first-order chi connectivity index (χ1) is 8.41. The summed E-state index contributed by atoms with van der Waals surface area (Å²) in [5.41, 5.74) is -1.11. The van der Waals surface area contributed by atoms with E-state index < -0.39 is 17.3 Å². The molecular formula is C13H16F3NO. The number of rotatable bonds is 4. The number of hydrogen-bond donors (Lipinski definition) is 2. The summed E-state index contributed by atoms with van der Waals surface area (Å²) in [6.07, 6.45) is -1.90. The van der Waals surface area contributed by atoms with E-state index in [0.717, 1.165) is 25.3 Å². The molecule has 5 heteroatoms. The van der Waals surface area contributed by atoms with Crippen LogP contribution in [0.5, 0.6) is 0 Å². The minimum absolute atomic E-state index is 0.123. The summed E-state index contributed by atoms with van der Waals surface area (Å²) in [5.74, 6) is 0. The zero-order valence-electron chi connectivity index (χ0n) is 9.93. The van der Waals surface area contributed by atoms with Gasteiger partial charge in [0.2, 0.25) is 0 Å². The van der Waals surface area contributed by atoms with Crippen molar-refractivity contribution in [3.8, 4) is 0 Å². The Bertz CT molecular complexity index is 413. The fourth-order valence-electron chi connectivity index (χ4n) is 2.14. The molecule has 0 aromatic heterocycles. The van der Waals surface area contributed by atoms with Crippen LogP contribution in [0.1, 0.15) is 30.4 Å². The summed E-state index contributed by atoms with van der Waals surface area (Å²) < 4.78 is 38.1. The molecule has 0 aliphatic heterocycles. The van der Waals surface area contributed by atoms with Gasteiger partial charge in [0.05, 0.1) is 11.2 Å². The molecule has 0 amide bonds. The molecule has 100 valence electrons. The molecule has 0 heterocycles. The highest BCUT2D eigenvalue weighted by Crippen LogP contribution is 2.33. The molecule has 2 rings (SSSR count). The van der Waals surface area contributed by atoms with Crippen molar-refractivity contribution in [2.75, 3.05) is 6.54 Å². The summed E-state index contributed by atoms with van der Waals surface area (Å²) in [4.78, 5) is 0. The van der Waals surface area contributed by atoms with Gasteiger partial charge in [-0.15, -0.1) is 0 Å². The van der Waals surface area contributed by atoms with Crippen LogP contribution in [0, 0.1) is 0 Å². The van der Waals surface area contributed by atoms with E-state index in [4.69, 9.17) is 0 Å². The topological polar surface area (TPSA) is 32.3 Å². The average molecular weight is 259 g/mol. The molecular weight excluding hydrogens is 243 g/mol.